The number of anilines is 1. The molecule has 3 aromatic rings. The molecule has 2 aromatic heterocycles. The topological polar surface area (TPSA) is 94.0 Å². The minimum absolute atomic E-state index is 0.0907. The van der Waals surface area contributed by atoms with Crippen molar-refractivity contribution in [2.24, 2.45) is 0 Å². The van der Waals surface area contributed by atoms with Crippen LogP contribution in [0.15, 0.2) is 36.4 Å². The molecule has 0 spiro atoms. The Morgan fingerprint density at radius 3 is 2.65 bits per heavy atom. The Morgan fingerprint density at radius 1 is 1.30 bits per heavy atom. The standard InChI is InChI=1S/C14H12N4O2/c1-8-12-10(15)7-11(14(19)20)16-13(12)18(17-8)9-5-3-2-4-6-9/h2-7H,1H3,(H2,15,16)(H,19,20). The monoisotopic (exact) mass is 268 g/mol. The first kappa shape index (κ1) is 12.2. The number of carbonyl (C=O) groups is 1. The predicted molar refractivity (Wildman–Crippen MR) is 75.0 cm³/mol. The summed E-state index contributed by atoms with van der Waals surface area (Å²) in [5.74, 6) is -1.11. The van der Waals surface area contributed by atoms with Crippen LogP contribution in [0.1, 0.15) is 16.2 Å². The van der Waals surface area contributed by atoms with Gasteiger partial charge in [-0.15, -0.1) is 0 Å². The van der Waals surface area contributed by atoms with Crippen LogP contribution in [0.25, 0.3) is 16.7 Å². The number of carboxylic acid groups (broad SMARTS) is 1. The van der Waals surface area contributed by atoms with E-state index in [4.69, 9.17) is 10.8 Å². The molecule has 6 heteroatoms. The summed E-state index contributed by atoms with van der Waals surface area (Å²) in [7, 11) is 0. The van der Waals surface area contributed by atoms with Gasteiger partial charge >= 0.3 is 5.97 Å². The van der Waals surface area contributed by atoms with Gasteiger partial charge in [-0.25, -0.2) is 14.5 Å². The molecule has 0 saturated carbocycles. The van der Waals surface area contributed by atoms with Gasteiger partial charge in [-0.3, -0.25) is 0 Å². The maximum Gasteiger partial charge on any atom is 0.354 e. The second-order valence-electron chi connectivity index (χ2n) is 4.43. The molecule has 0 bridgehead atoms. The van der Waals surface area contributed by atoms with Gasteiger partial charge in [-0.1, -0.05) is 18.2 Å². The van der Waals surface area contributed by atoms with E-state index in [1.807, 2.05) is 37.3 Å². The average Bonchev–Trinajstić information content (AvgIpc) is 2.77. The molecule has 0 unspecified atom stereocenters. The summed E-state index contributed by atoms with van der Waals surface area (Å²) in [6.45, 7) is 1.82. The van der Waals surface area contributed by atoms with Crippen LogP contribution >= 0.6 is 0 Å². The van der Waals surface area contributed by atoms with Gasteiger partial charge in [-0.2, -0.15) is 5.10 Å². The Hall–Kier alpha value is -2.89. The molecule has 0 fully saturated rings. The molecule has 20 heavy (non-hydrogen) atoms. The number of aromatic nitrogens is 3. The van der Waals surface area contributed by atoms with Gasteiger partial charge in [0.1, 0.15) is 0 Å². The molecule has 0 atom stereocenters. The van der Waals surface area contributed by atoms with Crippen LogP contribution in [0.4, 0.5) is 5.69 Å². The van der Waals surface area contributed by atoms with E-state index in [0.717, 1.165) is 5.69 Å². The highest BCUT2D eigenvalue weighted by atomic mass is 16.4. The first-order valence-electron chi connectivity index (χ1n) is 6.02. The van der Waals surface area contributed by atoms with Crippen molar-refractivity contribution in [2.45, 2.75) is 6.92 Å². The summed E-state index contributed by atoms with van der Waals surface area (Å²) in [5, 5.41) is 14.2. The molecule has 100 valence electrons. The van der Waals surface area contributed by atoms with Gasteiger partial charge in [0.05, 0.1) is 16.8 Å². The Morgan fingerprint density at radius 2 is 2.00 bits per heavy atom. The fourth-order valence-electron chi connectivity index (χ4n) is 2.18. The maximum atomic E-state index is 11.1. The van der Waals surface area contributed by atoms with Gasteiger partial charge in [-0.05, 0) is 25.1 Å². The molecule has 0 aliphatic carbocycles. The number of carboxylic acids is 1. The Bertz CT molecular complexity index is 809. The van der Waals surface area contributed by atoms with Gasteiger partial charge < -0.3 is 10.8 Å². The van der Waals surface area contributed by atoms with Crippen LogP contribution in [0.2, 0.25) is 0 Å². The number of para-hydroxylation sites is 1. The fraction of sp³-hybridized carbons (Fsp3) is 0.0714. The van der Waals surface area contributed by atoms with Crippen molar-refractivity contribution in [1.82, 2.24) is 14.8 Å². The lowest BCUT2D eigenvalue weighted by molar-refractivity contribution is 0.0691. The van der Waals surface area contributed by atoms with Crippen LogP contribution in [0.3, 0.4) is 0 Å². The Kier molecular flexibility index (Phi) is 2.64. The number of rotatable bonds is 2. The lowest BCUT2D eigenvalue weighted by Gasteiger charge is -2.04. The molecule has 0 radical (unpaired) electrons. The van der Waals surface area contributed by atoms with E-state index in [0.29, 0.717) is 22.4 Å². The second-order valence-corrected chi connectivity index (χ2v) is 4.43. The van der Waals surface area contributed by atoms with Crippen molar-refractivity contribution in [2.75, 3.05) is 5.73 Å². The third kappa shape index (κ3) is 1.78. The number of hydrogen-bond donors (Lipinski definition) is 2. The van der Waals surface area contributed by atoms with Gasteiger partial charge in [0, 0.05) is 5.69 Å². The van der Waals surface area contributed by atoms with Crippen molar-refractivity contribution in [1.29, 1.82) is 0 Å². The van der Waals surface area contributed by atoms with Crippen molar-refractivity contribution in [3.05, 3.63) is 47.8 Å². The normalized spacial score (nSPS) is 10.8. The highest BCUT2D eigenvalue weighted by molar-refractivity contribution is 5.96. The molecular formula is C14H12N4O2. The molecule has 3 N–H and O–H groups in total. The highest BCUT2D eigenvalue weighted by Crippen LogP contribution is 2.26. The van der Waals surface area contributed by atoms with Gasteiger partial charge in [0.2, 0.25) is 0 Å². The fourth-order valence-corrected chi connectivity index (χ4v) is 2.18. The molecule has 2 heterocycles. The largest absolute Gasteiger partial charge is 0.477 e. The predicted octanol–water partition coefficient (Wildman–Crippen LogP) is 2.01. The zero-order valence-electron chi connectivity index (χ0n) is 10.7. The van der Waals surface area contributed by atoms with Crippen LogP contribution in [0.5, 0.6) is 0 Å². The quantitative estimate of drug-likeness (QED) is 0.741. The number of aromatic carboxylic acids is 1. The number of hydrogen-bond acceptors (Lipinski definition) is 4. The molecule has 0 aliphatic rings. The number of benzene rings is 1. The minimum atomic E-state index is -1.11. The SMILES string of the molecule is Cc1nn(-c2ccccc2)c2nc(C(=O)O)cc(N)c12. The van der Waals surface area contributed by atoms with Crippen molar-refractivity contribution >= 4 is 22.7 Å². The Balaban J connectivity index is 2.37. The summed E-state index contributed by atoms with van der Waals surface area (Å²) in [5.41, 5.74) is 8.18. The van der Waals surface area contributed by atoms with Crippen molar-refractivity contribution in [3.8, 4) is 5.69 Å². The number of nitrogen functional groups attached to an aromatic ring is 1. The third-order valence-corrected chi connectivity index (χ3v) is 3.06. The lowest BCUT2D eigenvalue weighted by Crippen LogP contribution is -2.05. The van der Waals surface area contributed by atoms with E-state index < -0.39 is 5.97 Å². The summed E-state index contributed by atoms with van der Waals surface area (Å²) < 4.78 is 1.60. The van der Waals surface area contributed by atoms with Crippen LogP contribution in [0, 0.1) is 6.92 Å². The number of nitrogens with two attached hydrogens (primary N) is 1. The first-order chi connectivity index (χ1) is 9.58. The number of fused-ring (bicyclic) bond motifs is 1. The lowest BCUT2D eigenvalue weighted by atomic mass is 10.2. The maximum absolute atomic E-state index is 11.1. The van der Waals surface area contributed by atoms with Crippen LogP contribution < -0.4 is 5.73 Å². The number of nitrogens with zero attached hydrogens (tertiary/aromatic N) is 3. The zero-order valence-corrected chi connectivity index (χ0v) is 10.7. The van der Waals surface area contributed by atoms with Gasteiger partial charge in [0.25, 0.3) is 0 Å². The summed E-state index contributed by atoms with van der Waals surface area (Å²) >= 11 is 0. The molecule has 0 amide bonds. The molecule has 0 aliphatic heterocycles. The Labute approximate surface area is 114 Å². The number of pyridine rings is 1. The summed E-state index contributed by atoms with van der Waals surface area (Å²) in [6.07, 6.45) is 0. The average molecular weight is 268 g/mol. The number of aryl methyl sites for hydroxylation is 1. The zero-order chi connectivity index (χ0) is 14.3. The summed E-state index contributed by atoms with van der Waals surface area (Å²) in [6, 6.07) is 10.8. The van der Waals surface area contributed by atoms with E-state index in [9.17, 15) is 4.79 Å². The van der Waals surface area contributed by atoms with Crippen molar-refractivity contribution in [3.63, 3.8) is 0 Å². The molecule has 3 rings (SSSR count). The van der Waals surface area contributed by atoms with Crippen LogP contribution in [-0.2, 0) is 0 Å². The first-order valence-corrected chi connectivity index (χ1v) is 6.02. The minimum Gasteiger partial charge on any atom is -0.477 e. The molecule has 0 saturated heterocycles. The highest BCUT2D eigenvalue weighted by Gasteiger charge is 2.16. The molecule has 1 aromatic carbocycles. The van der Waals surface area contributed by atoms with Crippen LogP contribution in [-0.4, -0.2) is 25.8 Å². The van der Waals surface area contributed by atoms with E-state index in [-0.39, 0.29) is 5.69 Å². The molecular weight excluding hydrogens is 256 g/mol. The van der Waals surface area contributed by atoms with E-state index in [2.05, 4.69) is 10.1 Å². The van der Waals surface area contributed by atoms with E-state index >= 15 is 0 Å². The van der Waals surface area contributed by atoms with E-state index in [1.165, 1.54) is 6.07 Å². The smallest absolute Gasteiger partial charge is 0.354 e. The van der Waals surface area contributed by atoms with Crippen molar-refractivity contribution < 1.29 is 9.90 Å². The third-order valence-electron chi connectivity index (χ3n) is 3.06. The van der Waals surface area contributed by atoms with Gasteiger partial charge in [0.15, 0.2) is 11.3 Å². The molecule has 6 nitrogen and oxygen atoms in total. The van der Waals surface area contributed by atoms with E-state index in [1.54, 1.807) is 4.68 Å². The summed E-state index contributed by atoms with van der Waals surface area (Å²) in [4.78, 5) is 15.3. The second kappa shape index (κ2) is 4.34.